The highest BCUT2D eigenvalue weighted by Gasteiger charge is 2.17. The molecule has 80 valence electrons. The molecule has 0 saturated carbocycles. The summed E-state index contributed by atoms with van der Waals surface area (Å²) in [5.74, 6) is 2.27. The van der Waals surface area contributed by atoms with Crippen molar-refractivity contribution < 1.29 is 4.74 Å². The zero-order valence-corrected chi connectivity index (χ0v) is 9.76. The summed E-state index contributed by atoms with van der Waals surface area (Å²) in [5.41, 5.74) is 0. The van der Waals surface area contributed by atoms with Crippen LogP contribution in [0.15, 0.2) is 0 Å². The molecule has 0 fully saturated rings. The summed E-state index contributed by atoms with van der Waals surface area (Å²) in [6.45, 7) is 8.96. The molecule has 1 N–H and O–H groups in total. The van der Waals surface area contributed by atoms with Crippen LogP contribution in [0, 0.1) is 17.8 Å². The topological polar surface area (TPSA) is 21.3 Å². The normalized spacial score (nSPS) is 18.2. The zero-order valence-electron chi connectivity index (χ0n) is 9.76. The Balaban J connectivity index is 3.71. The van der Waals surface area contributed by atoms with E-state index >= 15 is 0 Å². The second kappa shape index (κ2) is 7.34. The van der Waals surface area contributed by atoms with E-state index in [4.69, 9.17) is 4.74 Å². The first kappa shape index (κ1) is 12.9. The van der Waals surface area contributed by atoms with Crippen LogP contribution in [0.25, 0.3) is 0 Å². The van der Waals surface area contributed by atoms with Gasteiger partial charge in [0.2, 0.25) is 0 Å². The summed E-state index contributed by atoms with van der Waals surface area (Å²) < 4.78 is 5.09. The highest BCUT2D eigenvalue weighted by Crippen LogP contribution is 2.22. The molecule has 3 atom stereocenters. The van der Waals surface area contributed by atoms with Crippen LogP contribution in [-0.2, 0) is 4.74 Å². The Morgan fingerprint density at radius 1 is 1.15 bits per heavy atom. The van der Waals surface area contributed by atoms with Crippen LogP contribution in [0.4, 0.5) is 0 Å². The van der Waals surface area contributed by atoms with Crippen LogP contribution in [0.2, 0.25) is 0 Å². The fraction of sp³-hybridized carbons (Fsp3) is 1.00. The largest absolute Gasteiger partial charge is 0.385 e. The molecule has 0 radical (unpaired) electrons. The Labute approximate surface area is 83.1 Å². The van der Waals surface area contributed by atoms with Crippen molar-refractivity contribution in [3.05, 3.63) is 0 Å². The third-order valence-corrected chi connectivity index (χ3v) is 3.10. The summed E-state index contributed by atoms with van der Waals surface area (Å²) in [7, 11) is 3.79. The smallest absolute Gasteiger partial charge is 0.0464 e. The molecule has 2 nitrogen and oxygen atoms in total. The van der Waals surface area contributed by atoms with Gasteiger partial charge in [-0.1, -0.05) is 20.8 Å². The molecule has 3 unspecified atom stereocenters. The quantitative estimate of drug-likeness (QED) is 0.659. The first-order valence-corrected chi connectivity index (χ1v) is 5.27. The van der Waals surface area contributed by atoms with Gasteiger partial charge in [0.15, 0.2) is 0 Å². The predicted molar refractivity (Wildman–Crippen MR) is 57.9 cm³/mol. The Hall–Kier alpha value is -0.0800. The van der Waals surface area contributed by atoms with Crippen LogP contribution < -0.4 is 5.32 Å². The number of methoxy groups -OCH3 is 1. The van der Waals surface area contributed by atoms with Gasteiger partial charge in [0, 0.05) is 13.7 Å². The van der Waals surface area contributed by atoms with Crippen molar-refractivity contribution in [2.45, 2.75) is 27.2 Å². The van der Waals surface area contributed by atoms with Crippen LogP contribution in [-0.4, -0.2) is 27.3 Å². The lowest BCUT2D eigenvalue weighted by molar-refractivity contribution is 0.155. The van der Waals surface area contributed by atoms with Gasteiger partial charge >= 0.3 is 0 Å². The molecular weight excluding hydrogens is 162 g/mol. The van der Waals surface area contributed by atoms with Gasteiger partial charge in [-0.15, -0.1) is 0 Å². The van der Waals surface area contributed by atoms with E-state index in [0.717, 1.165) is 30.9 Å². The predicted octanol–water partition coefficient (Wildman–Crippen LogP) is 2.15. The van der Waals surface area contributed by atoms with Crippen molar-refractivity contribution in [1.82, 2.24) is 5.32 Å². The molecule has 0 bridgehead atoms. The third-order valence-electron chi connectivity index (χ3n) is 3.10. The Bertz CT molecular complexity index is 117. The minimum atomic E-state index is 0.747. The lowest BCUT2D eigenvalue weighted by atomic mass is 9.83. The number of hydrogen-bond donors (Lipinski definition) is 1. The van der Waals surface area contributed by atoms with E-state index in [9.17, 15) is 0 Å². The minimum absolute atomic E-state index is 0.747. The summed E-state index contributed by atoms with van der Waals surface area (Å²) >= 11 is 0. The van der Waals surface area contributed by atoms with Gasteiger partial charge in [-0.2, -0.15) is 0 Å². The van der Waals surface area contributed by atoms with Crippen LogP contribution in [0.1, 0.15) is 27.2 Å². The molecule has 13 heavy (non-hydrogen) atoms. The van der Waals surface area contributed by atoms with Gasteiger partial charge in [0.05, 0.1) is 0 Å². The van der Waals surface area contributed by atoms with Crippen LogP contribution in [0.5, 0.6) is 0 Å². The molecule has 0 amide bonds. The molecule has 0 aromatic heterocycles. The van der Waals surface area contributed by atoms with Crippen molar-refractivity contribution in [3.8, 4) is 0 Å². The zero-order chi connectivity index (χ0) is 10.3. The highest BCUT2D eigenvalue weighted by atomic mass is 16.5. The van der Waals surface area contributed by atoms with Gasteiger partial charge in [0.25, 0.3) is 0 Å². The Morgan fingerprint density at radius 2 is 1.77 bits per heavy atom. The summed E-state index contributed by atoms with van der Waals surface area (Å²) in [5, 5.41) is 3.23. The van der Waals surface area contributed by atoms with Gasteiger partial charge in [-0.05, 0) is 37.8 Å². The molecule has 0 aromatic carbocycles. The summed E-state index contributed by atoms with van der Waals surface area (Å²) in [4.78, 5) is 0. The van der Waals surface area contributed by atoms with E-state index in [1.54, 1.807) is 7.11 Å². The second-order valence-corrected chi connectivity index (χ2v) is 4.15. The molecule has 2 heteroatoms. The molecule has 0 rings (SSSR count). The van der Waals surface area contributed by atoms with E-state index in [-0.39, 0.29) is 0 Å². The molecule has 0 saturated heterocycles. The first-order chi connectivity index (χ1) is 6.13. The van der Waals surface area contributed by atoms with E-state index in [1.165, 1.54) is 6.42 Å². The van der Waals surface area contributed by atoms with Crippen LogP contribution in [0.3, 0.4) is 0 Å². The maximum absolute atomic E-state index is 5.09. The Kier molecular flexibility index (Phi) is 7.29. The molecular formula is C11H25NO. The molecule has 0 aromatic rings. The second-order valence-electron chi connectivity index (χ2n) is 4.15. The van der Waals surface area contributed by atoms with Crippen molar-refractivity contribution in [2.75, 3.05) is 27.3 Å². The number of hydrogen-bond acceptors (Lipinski definition) is 2. The number of rotatable bonds is 7. The van der Waals surface area contributed by atoms with Crippen molar-refractivity contribution in [2.24, 2.45) is 17.8 Å². The lowest BCUT2D eigenvalue weighted by Gasteiger charge is -2.25. The molecule has 0 aliphatic carbocycles. The van der Waals surface area contributed by atoms with Crippen molar-refractivity contribution >= 4 is 0 Å². The molecule has 0 spiro atoms. The van der Waals surface area contributed by atoms with Gasteiger partial charge in [-0.25, -0.2) is 0 Å². The van der Waals surface area contributed by atoms with Gasteiger partial charge in [-0.3, -0.25) is 0 Å². The SMILES string of the molecule is CNCC(C)C(C)C(C)CCOC. The van der Waals surface area contributed by atoms with E-state index in [1.807, 2.05) is 7.05 Å². The maximum atomic E-state index is 5.09. The fourth-order valence-electron chi connectivity index (χ4n) is 1.64. The Morgan fingerprint density at radius 3 is 2.23 bits per heavy atom. The lowest BCUT2D eigenvalue weighted by Crippen LogP contribution is -2.26. The highest BCUT2D eigenvalue weighted by molar-refractivity contribution is 4.69. The van der Waals surface area contributed by atoms with Crippen molar-refractivity contribution in [3.63, 3.8) is 0 Å². The average molecular weight is 187 g/mol. The maximum Gasteiger partial charge on any atom is 0.0464 e. The average Bonchev–Trinajstić information content (AvgIpc) is 2.13. The van der Waals surface area contributed by atoms with Gasteiger partial charge in [0.1, 0.15) is 0 Å². The third kappa shape index (κ3) is 5.27. The fourth-order valence-corrected chi connectivity index (χ4v) is 1.64. The monoisotopic (exact) mass is 187 g/mol. The number of ether oxygens (including phenoxy) is 1. The molecule has 0 aliphatic rings. The van der Waals surface area contributed by atoms with E-state index < -0.39 is 0 Å². The standard InChI is InChI=1S/C11H25NO/c1-9(6-7-13-5)11(3)10(2)8-12-4/h9-12H,6-8H2,1-5H3. The van der Waals surface area contributed by atoms with E-state index in [2.05, 4.69) is 26.1 Å². The van der Waals surface area contributed by atoms with Gasteiger partial charge < -0.3 is 10.1 Å². The molecule has 0 aliphatic heterocycles. The molecule has 0 heterocycles. The summed E-state index contributed by atoms with van der Waals surface area (Å²) in [6, 6.07) is 0. The first-order valence-electron chi connectivity index (χ1n) is 5.27. The minimum Gasteiger partial charge on any atom is -0.385 e. The van der Waals surface area contributed by atoms with Crippen LogP contribution >= 0.6 is 0 Å². The summed E-state index contributed by atoms with van der Waals surface area (Å²) in [6.07, 6.45) is 1.17. The number of nitrogens with one attached hydrogen (secondary N) is 1. The van der Waals surface area contributed by atoms with E-state index in [0.29, 0.717) is 0 Å². The van der Waals surface area contributed by atoms with Crippen molar-refractivity contribution in [1.29, 1.82) is 0 Å².